The predicted octanol–water partition coefficient (Wildman–Crippen LogP) is 1.19. The van der Waals surface area contributed by atoms with Crippen molar-refractivity contribution in [2.75, 3.05) is 26.7 Å². The lowest BCUT2D eigenvalue weighted by Gasteiger charge is -2.35. The van der Waals surface area contributed by atoms with Crippen molar-refractivity contribution in [1.29, 1.82) is 0 Å². The molecule has 1 aliphatic rings. The maximum absolute atomic E-state index is 5.98. The van der Waals surface area contributed by atoms with Crippen molar-refractivity contribution in [3.05, 3.63) is 0 Å². The van der Waals surface area contributed by atoms with Gasteiger partial charge < -0.3 is 16.0 Å². The summed E-state index contributed by atoms with van der Waals surface area (Å²) in [6, 6.07) is 0.581. The van der Waals surface area contributed by atoms with Crippen LogP contribution in [-0.2, 0) is 0 Å². The first-order valence-electron chi connectivity index (χ1n) is 6.28. The first-order chi connectivity index (χ1) is 7.12. The molecule has 90 valence electrons. The molecule has 1 aliphatic heterocycles. The molecule has 3 heteroatoms. The summed E-state index contributed by atoms with van der Waals surface area (Å²) >= 11 is 0. The van der Waals surface area contributed by atoms with Gasteiger partial charge >= 0.3 is 0 Å². The second kappa shape index (κ2) is 5.83. The second-order valence-corrected chi connectivity index (χ2v) is 5.09. The summed E-state index contributed by atoms with van der Waals surface area (Å²) in [6.07, 6.45) is 4.84. The van der Waals surface area contributed by atoms with E-state index in [0.29, 0.717) is 6.04 Å². The van der Waals surface area contributed by atoms with Crippen LogP contribution in [0.5, 0.6) is 0 Å². The molecule has 3 N–H and O–H groups in total. The highest BCUT2D eigenvalue weighted by Crippen LogP contribution is 2.21. The molecule has 0 aromatic carbocycles. The van der Waals surface area contributed by atoms with Gasteiger partial charge in [-0.25, -0.2) is 0 Å². The average Bonchev–Trinajstić information content (AvgIpc) is 2.42. The van der Waals surface area contributed by atoms with Gasteiger partial charge in [0.15, 0.2) is 0 Å². The second-order valence-electron chi connectivity index (χ2n) is 5.09. The molecule has 1 saturated heterocycles. The van der Waals surface area contributed by atoms with E-state index in [9.17, 15) is 0 Å². The normalized spacial score (nSPS) is 31.2. The van der Waals surface area contributed by atoms with Crippen LogP contribution < -0.4 is 11.1 Å². The molecule has 0 saturated carbocycles. The molecule has 0 amide bonds. The highest BCUT2D eigenvalue weighted by molar-refractivity contribution is 4.93. The van der Waals surface area contributed by atoms with Crippen LogP contribution in [0.15, 0.2) is 0 Å². The molecule has 1 heterocycles. The van der Waals surface area contributed by atoms with E-state index < -0.39 is 0 Å². The number of likely N-dealkylation sites (tertiary alicyclic amines) is 1. The maximum atomic E-state index is 5.98. The van der Waals surface area contributed by atoms with E-state index in [2.05, 4.69) is 31.1 Å². The summed E-state index contributed by atoms with van der Waals surface area (Å²) in [6.45, 7) is 7.63. The van der Waals surface area contributed by atoms with E-state index in [0.717, 1.165) is 6.54 Å². The third kappa shape index (κ3) is 3.74. The van der Waals surface area contributed by atoms with Crippen LogP contribution in [0.25, 0.3) is 0 Å². The molecule has 0 aromatic rings. The standard InChI is InChI=1S/C12H27N3/c1-4-11(2)14-12(10-13)6-5-8-15(3)9-7-12/h11,14H,4-10,13H2,1-3H3. The zero-order valence-corrected chi connectivity index (χ0v) is 10.6. The van der Waals surface area contributed by atoms with Crippen molar-refractivity contribution in [1.82, 2.24) is 10.2 Å². The highest BCUT2D eigenvalue weighted by atomic mass is 15.1. The zero-order chi connectivity index (χ0) is 11.3. The summed E-state index contributed by atoms with van der Waals surface area (Å²) in [5, 5.41) is 3.74. The Hall–Kier alpha value is -0.120. The molecule has 15 heavy (non-hydrogen) atoms. The minimum absolute atomic E-state index is 0.195. The molecule has 0 aliphatic carbocycles. The van der Waals surface area contributed by atoms with Crippen LogP contribution in [0.4, 0.5) is 0 Å². The highest BCUT2D eigenvalue weighted by Gasteiger charge is 2.31. The molecule has 1 fully saturated rings. The Morgan fingerprint density at radius 2 is 2.13 bits per heavy atom. The van der Waals surface area contributed by atoms with Crippen molar-refractivity contribution >= 4 is 0 Å². The minimum atomic E-state index is 0.195. The summed E-state index contributed by atoms with van der Waals surface area (Å²) in [7, 11) is 2.20. The van der Waals surface area contributed by atoms with Gasteiger partial charge in [-0.05, 0) is 52.7 Å². The molecule has 2 atom stereocenters. The van der Waals surface area contributed by atoms with Crippen LogP contribution >= 0.6 is 0 Å². The Morgan fingerprint density at radius 3 is 2.73 bits per heavy atom. The lowest BCUT2D eigenvalue weighted by molar-refractivity contribution is 0.256. The average molecular weight is 213 g/mol. The molecule has 0 aromatic heterocycles. The monoisotopic (exact) mass is 213 g/mol. The Labute approximate surface area is 94.4 Å². The largest absolute Gasteiger partial charge is 0.329 e. The smallest absolute Gasteiger partial charge is 0.0318 e. The third-order valence-corrected chi connectivity index (χ3v) is 3.72. The fourth-order valence-electron chi connectivity index (χ4n) is 2.36. The van der Waals surface area contributed by atoms with Gasteiger partial charge in [-0.3, -0.25) is 0 Å². The van der Waals surface area contributed by atoms with Gasteiger partial charge in [-0.2, -0.15) is 0 Å². The van der Waals surface area contributed by atoms with E-state index in [4.69, 9.17) is 5.73 Å². The van der Waals surface area contributed by atoms with E-state index >= 15 is 0 Å². The molecule has 2 unspecified atom stereocenters. The van der Waals surface area contributed by atoms with Crippen molar-refractivity contribution in [2.24, 2.45) is 5.73 Å². The number of rotatable bonds is 4. The quantitative estimate of drug-likeness (QED) is 0.737. The Morgan fingerprint density at radius 1 is 1.40 bits per heavy atom. The minimum Gasteiger partial charge on any atom is -0.329 e. The Kier molecular flexibility index (Phi) is 5.03. The summed E-state index contributed by atoms with van der Waals surface area (Å²) in [5.74, 6) is 0. The molecular formula is C12H27N3. The van der Waals surface area contributed by atoms with Gasteiger partial charge in [-0.15, -0.1) is 0 Å². The summed E-state index contributed by atoms with van der Waals surface area (Å²) in [5.41, 5.74) is 6.17. The van der Waals surface area contributed by atoms with Crippen molar-refractivity contribution < 1.29 is 0 Å². The number of nitrogens with zero attached hydrogens (tertiary/aromatic N) is 1. The van der Waals surface area contributed by atoms with Crippen LogP contribution in [-0.4, -0.2) is 43.2 Å². The lowest BCUT2D eigenvalue weighted by atomic mass is 9.89. The summed E-state index contributed by atoms with van der Waals surface area (Å²) in [4.78, 5) is 2.41. The maximum Gasteiger partial charge on any atom is 0.0318 e. The van der Waals surface area contributed by atoms with E-state index in [1.54, 1.807) is 0 Å². The molecule has 0 spiro atoms. The number of hydrogen-bond donors (Lipinski definition) is 2. The van der Waals surface area contributed by atoms with E-state index in [-0.39, 0.29) is 5.54 Å². The SMILES string of the molecule is CCC(C)NC1(CN)CCCN(C)CC1. The van der Waals surface area contributed by atoms with Crippen molar-refractivity contribution in [3.63, 3.8) is 0 Å². The molecule has 0 radical (unpaired) electrons. The van der Waals surface area contributed by atoms with Gasteiger partial charge in [-0.1, -0.05) is 6.92 Å². The van der Waals surface area contributed by atoms with Gasteiger partial charge in [0.1, 0.15) is 0 Å². The van der Waals surface area contributed by atoms with Gasteiger partial charge in [0.05, 0.1) is 0 Å². The van der Waals surface area contributed by atoms with Gasteiger partial charge in [0.25, 0.3) is 0 Å². The van der Waals surface area contributed by atoms with E-state index in [1.165, 1.54) is 38.8 Å². The van der Waals surface area contributed by atoms with Crippen molar-refractivity contribution in [2.45, 2.75) is 51.1 Å². The number of nitrogens with two attached hydrogens (primary N) is 1. The predicted molar refractivity (Wildman–Crippen MR) is 66.0 cm³/mol. The number of nitrogens with one attached hydrogen (secondary N) is 1. The van der Waals surface area contributed by atoms with Crippen molar-refractivity contribution in [3.8, 4) is 0 Å². The first-order valence-corrected chi connectivity index (χ1v) is 6.28. The fraction of sp³-hybridized carbons (Fsp3) is 1.00. The molecule has 0 bridgehead atoms. The Balaban J connectivity index is 2.57. The molecular weight excluding hydrogens is 186 g/mol. The van der Waals surface area contributed by atoms with Crippen LogP contribution in [0.3, 0.4) is 0 Å². The summed E-state index contributed by atoms with van der Waals surface area (Å²) < 4.78 is 0. The lowest BCUT2D eigenvalue weighted by Crippen LogP contribution is -2.54. The van der Waals surface area contributed by atoms with Crippen LogP contribution in [0.1, 0.15) is 39.5 Å². The molecule has 1 rings (SSSR count). The van der Waals surface area contributed by atoms with Crippen LogP contribution in [0, 0.1) is 0 Å². The van der Waals surface area contributed by atoms with Gasteiger partial charge in [0.2, 0.25) is 0 Å². The van der Waals surface area contributed by atoms with Crippen LogP contribution in [0.2, 0.25) is 0 Å². The fourth-order valence-corrected chi connectivity index (χ4v) is 2.36. The van der Waals surface area contributed by atoms with E-state index in [1.807, 2.05) is 0 Å². The molecule has 3 nitrogen and oxygen atoms in total. The third-order valence-electron chi connectivity index (χ3n) is 3.72. The van der Waals surface area contributed by atoms with Gasteiger partial charge in [0, 0.05) is 18.1 Å². The zero-order valence-electron chi connectivity index (χ0n) is 10.6. The first kappa shape index (κ1) is 12.9. The topological polar surface area (TPSA) is 41.3 Å². The Bertz CT molecular complexity index is 184. The number of hydrogen-bond acceptors (Lipinski definition) is 3.